The van der Waals surface area contributed by atoms with E-state index in [2.05, 4.69) is 88.5 Å². The molecule has 2 atom stereocenters. The zero-order valence-corrected chi connectivity index (χ0v) is 16.0. The highest BCUT2D eigenvalue weighted by molar-refractivity contribution is 6.16. The summed E-state index contributed by atoms with van der Waals surface area (Å²) in [5.74, 6) is 1.34. The number of aliphatic imine (C=N–C) groups is 1. The molecular formula is C25H25N. The molecule has 0 N–H and O–H groups in total. The molecule has 0 aromatic heterocycles. The molecule has 0 spiro atoms. The number of hydrogen-bond acceptors (Lipinski definition) is 1. The van der Waals surface area contributed by atoms with Crippen molar-refractivity contribution in [2.75, 3.05) is 0 Å². The van der Waals surface area contributed by atoms with Crippen LogP contribution in [0.1, 0.15) is 38.8 Å². The smallest absolute Gasteiger partial charge is 0.0531 e. The van der Waals surface area contributed by atoms with Crippen molar-refractivity contribution < 1.29 is 0 Å². The van der Waals surface area contributed by atoms with Gasteiger partial charge in [0.15, 0.2) is 0 Å². The maximum absolute atomic E-state index is 5.00. The van der Waals surface area contributed by atoms with Crippen LogP contribution in [0.4, 0.5) is 0 Å². The molecule has 2 unspecified atom stereocenters. The Hall–Kier alpha value is -2.41. The molecule has 2 aliphatic carbocycles. The van der Waals surface area contributed by atoms with Crippen molar-refractivity contribution in [3.63, 3.8) is 0 Å². The lowest BCUT2D eigenvalue weighted by Gasteiger charge is -2.46. The molecule has 0 bridgehead atoms. The van der Waals surface area contributed by atoms with Gasteiger partial charge in [0, 0.05) is 23.6 Å². The predicted octanol–water partition coefficient (Wildman–Crippen LogP) is 6.20. The third-order valence-corrected chi connectivity index (χ3v) is 6.55. The van der Waals surface area contributed by atoms with Crippen molar-refractivity contribution in [2.45, 2.75) is 33.1 Å². The molecule has 2 aromatic rings. The van der Waals surface area contributed by atoms with Crippen LogP contribution in [-0.4, -0.2) is 5.71 Å². The summed E-state index contributed by atoms with van der Waals surface area (Å²) in [6, 6.07) is 13.4. The average Bonchev–Trinajstić information content (AvgIpc) is 2.64. The minimum absolute atomic E-state index is 0.0423. The van der Waals surface area contributed by atoms with E-state index >= 15 is 0 Å². The number of allylic oxidation sites excluding steroid dienone is 5. The second-order valence-corrected chi connectivity index (χ2v) is 8.73. The lowest BCUT2D eigenvalue weighted by molar-refractivity contribution is 0.350. The summed E-state index contributed by atoms with van der Waals surface area (Å²) >= 11 is 0. The summed E-state index contributed by atoms with van der Waals surface area (Å²) in [7, 11) is 0. The lowest BCUT2D eigenvalue weighted by atomic mass is 9.57. The molecule has 3 aliphatic rings. The van der Waals surface area contributed by atoms with Crippen molar-refractivity contribution in [1.82, 2.24) is 0 Å². The molecule has 2 aromatic carbocycles. The van der Waals surface area contributed by atoms with Gasteiger partial charge in [-0.1, -0.05) is 82.3 Å². The molecule has 0 fully saturated rings. The van der Waals surface area contributed by atoms with Crippen molar-refractivity contribution in [3.05, 3.63) is 83.1 Å². The summed E-state index contributed by atoms with van der Waals surface area (Å²) in [5, 5.41) is 2.72. The quantitative estimate of drug-likeness (QED) is 0.586. The monoisotopic (exact) mass is 339 g/mol. The van der Waals surface area contributed by atoms with Gasteiger partial charge < -0.3 is 0 Å². The first-order chi connectivity index (χ1) is 12.5. The first-order valence-corrected chi connectivity index (χ1v) is 9.68. The van der Waals surface area contributed by atoms with Crippen LogP contribution in [0.2, 0.25) is 0 Å². The van der Waals surface area contributed by atoms with Crippen LogP contribution in [-0.2, 0) is 5.41 Å². The molecule has 1 heterocycles. The van der Waals surface area contributed by atoms with E-state index in [-0.39, 0.29) is 5.41 Å². The number of fused-ring (bicyclic) bond motifs is 4. The van der Waals surface area contributed by atoms with E-state index in [1.807, 2.05) is 0 Å². The second kappa shape index (κ2) is 5.30. The number of benzene rings is 2. The van der Waals surface area contributed by atoms with Crippen molar-refractivity contribution in [3.8, 4) is 0 Å². The summed E-state index contributed by atoms with van der Waals surface area (Å²) < 4.78 is 0. The van der Waals surface area contributed by atoms with Crippen LogP contribution in [0.5, 0.6) is 0 Å². The van der Waals surface area contributed by atoms with Gasteiger partial charge in [-0.2, -0.15) is 0 Å². The maximum atomic E-state index is 5.00. The van der Waals surface area contributed by atoms with Crippen LogP contribution in [0.25, 0.3) is 10.8 Å². The van der Waals surface area contributed by atoms with Gasteiger partial charge >= 0.3 is 0 Å². The Morgan fingerprint density at radius 3 is 2.54 bits per heavy atom. The minimum atomic E-state index is 0.0423. The average molecular weight is 339 g/mol. The van der Waals surface area contributed by atoms with E-state index in [9.17, 15) is 0 Å². The fraction of sp³-hybridized carbons (Fsp3) is 0.320. The van der Waals surface area contributed by atoms with Crippen molar-refractivity contribution in [2.24, 2.45) is 22.7 Å². The molecule has 26 heavy (non-hydrogen) atoms. The molecule has 1 aliphatic heterocycles. The number of rotatable bonds is 1. The van der Waals surface area contributed by atoms with Gasteiger partial charge in [-0.25, -0.2) is 0 Å². The Morgan fingerprint density at radius 1 is 1.00 bits per heavy atom. The van der Waals surface area contributed by atoms with Gasteiger partial charge in [-0.3, -0.25) is 4.99 Å². The predicted molar refractivity (Wildman–Crippen MR) is 111 cm³/mol. The zero-order valence-electron chi connectivity index (χ0n) is 16.0. The van der Waals surface area contributed by atoms with Gasteiger partial charge in [0.25, 0.3) is 0 Å². The van der Waals surface area contributed by atoms with Gasteiger partial charge in [-0.15, -0.1) is 0 Å². The number of hydrogen-bond donors (Lipinski definition) is 0. The van der Waals surface area contributed by atoms with E-state index in [0.29, 0.717) is 17.8 Å². The van der Waals surface area contributed by atoms with Crippen molar-refractivity contribution in [1.29, 1.82) is 0 Å². The summed E-state index contributed by atoms with van der Waals surface area (Å²) in [6.45, 7) is 9.37. The molecule has 0 amide bonds. The second-order valence-electron chi connectivity index (χ2n) is 8.73. The highest BCUT2D eigenvalue weighted by Gasteiger charge is 2.46. The fourth-order valence-corrected chi connectivity index (χ4v) is 5.15. The van der Waals surface area contributed by atoms with Crippen LogP contribution in [0.3, 0.4) is 0 Å². The van der Waals surface area contributed by atoms with E-state index in [1.54, 1.807) is 0 Å². The van der Waals surface area contributed by atoms with Gasteiger partial charge in [-0.05, 0) is 38.8 Å². The van der Waals surface area contributed by atoms with Crippen molar-refractivity contribution >= 4 is 16.5 Å². The molecule has 0 saturated carbocycles. The fourth-order valence-electron chi connectivity index (χ4n) is 5.15. The zero-order chi connectivity index (χ0) is 18.1. The first kappa shape index (κ1) is 15.8. The van der Waals surface area contributed by atoms with Gasteiger partial charge in [0.2, 0.25) is 0 Å². The standard InChI is InChI=1S/C25H25N/c1-15(2)17-11-12-18-14-26-24-19-9-5-7-16-8-6-10-21(22(16)19)25(3,4)23(24)20(18)13-17/h5-15,20,23H,1-4H3. The maximum Gasteiger partial charge on any atom is 0.0531 e. The normalized spacial score (nSPS) is 25.3. The minimum Gasteiger partial charge on any atom is -0.260 e. The third kappa shape index (κ3) is 2.00. The molecule has 130 valence electrons. The third-order valence-electron chi connectivity index (χ3n) is 6.55. The molecule has 0 radical (unpaired) electrons. The molecule has 5 rings (SSSR count). The van der Waals surface area contributed by atoms with Crippen LogP contribution in [0.15, 0.2) is 77.0 Å². The van der Waals surface area contributed by atoms with E-state index < -0.39 is 0 Å². The summed E-state index contributed by atoms with van der Waals surface area (Å²) in [5.41, 5.74) is 6.89. The molecular weight excluding hydrogens is 314 g/mol. The molecule has 1 nitrogen and oxygen atoms in total. The Bertz CT molecular complexity index is 1040. The van der Waals surface area contributed by atoms with Gasteiger partial charge in [0.05, 0.1) is 5.71 Å². The highest BCUT2D eigenvalue weighted by atomic mass is 14.8. The summed E-state index contributed by atoms with van der Waals surface area (Å²) in [4.78, 5) is 5.00. The topological polar surface area (TPSA) is 12.4 Å². The lowest BCUT2D eigenvalue weighted by Crippen LogP contribution is -2.45. The van der Waals surface area contributed by atoms with E-state index in [4.69, 9.17) is 4.99 Å². The Morgan fingerprint density at radius 2 is 1.77 bits per heavy atom. The summed E-state index contributed by atoms with van der Waals surface area (Å²) in [6.07, 6.45) is 9.17. The van der Waals surface area contributed by atoms with Gasteiger partial charge in [0.1, 0.15) is 0 Å². The van der Waals surface area contributed by atoms with Crippen LogP contribution >= 0.6 is 0 Å². The number of nitrogens with zero attached hydrogens (tertiary/aromatic N) is 1. The van der Waals surface area contributed by atoms with E-state index in [0.717, 1.165) is 0 Å². The SMILES string of the molecule is CC(C)C1=CC2C(=CN=C3c4cccc5cccc(c45)C(C)(C)C32)C=C1. The molecule has 0 saturated heterocycles. The largest absolute Gasteiger partial charge is 0.260 e. The Kier molecular flexibility index (Phi) is 3.22. The van der Waals surface area contributed by atoms with Crippen LogP contribution in [0, 0.1) is 17.8 Å². The Labute approximate surface area is 155 Å². The van der Waals surface area contributed by atoms with E-state index in [1.165, 1.54) is 38.8 Å². The highest BCUT2D eigenvalue weighted by Crippen LogP contribution is 2.51. The first-order valence-electron chi connectivity index (χ1n) is 9.68. The molecule has 1 heteroatoms. The van der Waals surface area contributed by atoms with Crippen LogP contribution < -0.4 is 0 Å². The Balaban J connectivity index is 1.80.